The minimum absolute atomic E-state index is 0.0526. The number of hydrogen-bond donors (Lipinski definition) is 1. The van der Waals surface area contributed by atoms with Crippen LogP contribution in [0.2, 0.25) is 5.02 Å². The first-order chi connectivity index (χ1) is 11.6. The summed E-state index contributed by atoms with van der Waals surface area (Å²) in [5, 5.41) is 14.5. The molecule has 1 heterocycles. The number of hydrogen-bond acceptors (Lipinski definition) is 4. The number of rotatable bonds is 5. The third kappa shape index (κ3) is 4.04. The third-order valence-corrected chi connectivity index (χ3v) is 4.77. The molecule has 0 aliphatic carbocycles. The van der Waals surface area contributed by atoms with Crippen LogP contribution in [0.1, 0.15) is 18.4 Å². The van der Waals surface area contributed by atoms with Crippen LogP contribution in [0.4, 0.5) is 11.4 Å². The fourth-order valence-corrected chi connectivity index (χ4v) is 3.32. The highest BCUT2D eigenvalue weighted by Gasteiger charge is 2.22. The maximum atomic E-state index is 11.0. The van der Waals surface area contributed by atoms with E-state index in [1.165, 1.54) is 11.6 Å². The van der Waals surface area contributed by atoms with Gasteiger partial charge in [0.25, 0.3) is 5.69 Å². The van der Waals surface area contributed by atoms with E-state index in [-0.39, 0.29) is 16.8 Å². The fraction of sp³-hybridized carbons (Fsp3) is 0.333. The van der Waals surface area contributed by atoms with Gasteiger partial charge in [0.2, 0.25) is 0 Å². The lowest BCUT2D eigenvalue weighted by Crippen LogP contribution is -2.38. The molecule has 6 heteroatoms. The Balaban J connectivity index is 1.56. The van der Waals surface area contributed by atoms with E-state index < -0.39 is 4.92 Å². The summed E-state index contributed by atoms with van der Waals surface area (Å²) in [6.45, 7) is 2.96. The number of likely N-dealkylation sites (tertiary alicyclic amines) is 1. The third-order valence-electron chi connectivity index (χ3n) is 4.37. The summed E-state index contributed by atoms with van der Waals surface area (Å²) >= 11 is 6.14. The normalized spacial score (nSPS) is 16.0. The van der Waals surface area contributed by atoms with Gasteiger partial charge in [-0.05, 0) is 24.5 Å². The van der Waals surface area contributed by atoms with Gasteiger partial charge in [-0.1, -0.05) is 48.0 Å². The summed E-state index contributed by atoms with van der Waals surface area (Å²) in [7, 11) is 0. The summed E-state index contributed by atoms with van der Waals surface area (Å²) in [5.74, 6) is 0. The maximum Gasteiger partial charge on any atom is 0.289 e. The molecule has 0 aromatic heterocycles. The van der Waals surface area contributed by atoms with Crippen molar-refractivity contribution >= 4 is 23.0 Å². The average molecular weight is 346 g/mol. The van der Waals surface area contributed by atoms with Crippen LogP contribution in [0.25, 0.3) is 0 Å². The molecule has 2 aromatic rings. The van der Waals surface area contributed by atoms with E-state index in [4.69, 9.17) is 11.6 Å². The molecule has 2 aromatic carbocycles. The van der Waals surface area contributed by atoms with Crippen molar-refractivity contribution < 1.29 is 4.92 Å². The predicted octanol–water partition coefficient (Wildman–Crippen LogP) is 4.32. The minimum atomic E-state index is -0.448. The molecule has 0 bridgehead atoms. The summed E-state index contributed by atoms with van der Waals surface area (Å²) in [4.78, 5) is 13.0. The highest BCUT2D eigenvalue weighted by atomic mass is 35.5. The van der Waals surface area contributed by atoms with Crippen molar-refractivity contribution in [1.82, 2.24) is 4.90 Å². The molecule has 1 saturated heterocycles. The van der Waals surface area contributed by atoms with Gasteiger partial charge in [0.15, 0.2) is 0 Å². The van der Waals surface area contributed by atoms with Crippen LogP contribution in [-0.4, -0.2) is 29.0 Å². The summed E-state index contributed by atoms with van der Waals surface area (Å²) < 4.78 is 0. The zero-order valence-corrected chi connectivity index (χ0v) is 14.1. The number of anilines is 1. The summed E-state index contributed by atoms with van der Waals surface area (Å²) in [6.07, 6.45) is 1.98. The number of nitro groups is 1. The summed E-state index contributed by atoms with van der Waals surface area (Å²) in [6, 6.07) is 15.6. The lowest BCUT2D eigenvalue weighted by atomic mass is 10.0. The molecule has 0 radical (unpaired) electrons. The Morgan fingerprint density at radius 3 is 2.50 bits per heavy atom. The van der Waals surface area contributed by atoms with Gasteiger partial charge in [-0.15, -0.1) is 0 Å². The van der Waals surface area contributed by atoms with Gasteiger partial charge in [0.1, 0.15) is 5.02 Å². The van der Waals surface area contributed by atoms with Gasteiger partial charge in [0.05, 0.1) is 10.6 Å². The molecule has 1 aliphatic rings. The fourth-order valence-electron chi connectivity index (χ4n) is 3.07. The first-order valence-corrected chi connectivity index (χ1v) is 8.47. The van der Waals surface area contributed by atoms with Crippen molar-refractivity contribution in [3.05, 3.63) is 69.2 Å². The number of halogens is 1. The first kappa shape index (κ1) is 16.7. The minimum Gasteiger partial charge on any atom is -0.381 e. The molecular weight excluding hydrogens is 326 g/mol. The zero-order valence-electron chi connectivity index (χ0n) is 13.3. The molecule has 0 saturated carbocycles. The molecule has 0 spiro atoms. The molecule has 0 unspecified atom stereocenters. The second-order valence-electron chi connectivity index (χ2n) is 6.08. The van der Waals surface area contributed by atoms with Gasteiger partial charge in [-0.2, -0.15) is 0 Å². The van der Waals surface area contributed by atoms with E-state index in [0.29, 0.717) is 5.69 Å². The number of piperidine rings is 1. The van der Waals surface area contributed by atoms with E-state index in [9.17, 15) is 10.1 Å². The molecule has 1 aliphatic heterocycles. The number of nitrogens with zero attached hydrogens (tertiary/aromatic N) is 2. The Kier molecular flexibility index (Phi) is 5.33. The van der Waals surface area contributed by atoms with Gasteiger partial charge >= 0.3 is 0 Å². The van der Waals surface area contributed by atoms with Gasteiger partial charge in [-0.25, -0.2) is 0 Å². The molecule has 5 nitrogen and oxygen atoms in total. The second-order valence-corrected chi connectivity index (χ2v) is 6.45. The Morgan fingerprint density at radius 2 is 1.83 bits per heavy atom. The number of nitrogens with one attached hydrogen (secondary N) is 1. The molecule has 0 amide bonds. The summed E-state index contributed by atoms with van der Waals surface area (Å²) in [5.41, 5.74) is 1.92. The van der Waals surface area contributed by atoms with Crippen molar-refractivity contribution in [1.29, 1.82) is 0 Å². The van der Waals surface area contributed by atoms with Crippen molar-refractivity contribution in [2.45, 2.75) is 25.4 Å². The predicted molar refractivity (Wildman–Crippen MR) is 96.5 cm³/mol. The lowest BCUT2D eigenvalue weighted by molar-refractivity contribution is -0.384. The second kappa shape index (κ2) is 7.64. The molecule has 126 valence electrons. The SMILES string of the molecule is O=[N+]([O-])c1cccc(NC2CCN(Cc3ccccc3)CC2)c1Cl. The van der Waals surface area contributed by atoms with E-state index in [2.05, 4.69) is 34.5 Å². The van der Waals surface area contributed by atoms with E-state index in [1.54, 1.807) is 12.1 Å². The lowest BCUT2D eigenvalue weighted by Gasteiger charge is -2.33. The van der Waals surface area contributed by atoms with E-state index in [1.807, 2.05) is 6.07 Å². The van der Waals surface area contributed by atoms with Crippen molar-refractivity contribution in [2.75, 3.05) is 18.4 Å². The molecular formula is C18H20ClN3O2. The van der Waals surface area contributed by atoms with E-state index in [0.717, 1.165) is 32.5 Å². The standard InChI is InChI=1S/C18H20ClN3O2/c19-18-16(7-4-8-17(18)22(23)24)20-15-9-11-21(12-10-15)13-14-5-2-1-3-6-14/h1-8,15,20H,9-13H2. The van der Waals surface area contributed by atoms with Crippen LogP contribution >= 0.6 is 11.6 Å². The Hall–Kier alpha value is -2.11. The maximum absolute atomic E-state index is 11.0. The number of nitro benzene ring substituents is 1. The molecule has 1 N–H and O–H groups in total. The molecule has 3 rings (SSSR count). The average Bonchev–Trinajstić information content (AvgIpc) is 2.59. The van der Waals surface area contributed by atoms with Gasteiger partial charge < -0.3 is 5.32 Å². The quantitative estimate of drug-likeness (QED) is 0.647. The molecule has 0 atom stereocenters. The monoisotopic (exact) mass is 345 g/mol. The van der Waals surface area contributed by atoms with E-state index >= 15 is 0 Å². The first-order valence-electron chi connectivity index (χ1n) is 8.09. The van der Waals surface area contributed by atoms with Crippen molar-refractivity contribution in [2.24, 2.45) is 0 Å². The van der Waals surface area contributed by atoms with Crippen LogP contribution < -0.4 is 5.32 Å². The zero-order chi connectivity index (χ0) is 16.9. The van der Waals surface area contributed by atoms with Gasteiger partial charge in [0, 0.05) is 31.7 Å². The van der Waals surface area contributed by atoms with Crippen LogP contribution in [0, 0.1) is 10.1 Å². The van der Waals surface area contributed by atoms with Gasteiger partial charge in [-0.3, -0.25) is 15.0 Å². The Morgan fingerprint density at radius 1 is 1.12 bits per heavy atom. The van der Waals surface area contributed by atoms with Crippen LogP contribution in [0.15, 0.2) is 48.5 Å². The smallest absolute Gasteiger partial charge is 0.289 e. The Bertz CT molecular complexity index is 701. The topological polar surface area (TPSA) is 58.4 Å². The van der Waals surface area contributed by atoms with Crippen molar-refractivity contribution in [3.8, 4) is 0 Å². The largest absolute Gasteiger partial charge is 0.381 e. The molecule has 1 fully saturated rings. The Labute approximate surface area is 146 Å². The highest BCUT2D eigenvalue weighted by molar-refractivity contribution is 6.35. The highest BCUT2D eigenvalue weighted by Crippen LogP contribution is 2.32. The van der Waals surface area contributed by atoms with Crippen LogP contribution in [-0.2, 0) is 6.54 Å². The van der Waals surface area contributed by atoms with Crippen LogP contribution in [0.5, 0.6) is 0 Å². The number of benzene rings is 2. The molecule has 24 heavy (non-hydrogen) atoms. The van der Waals surface area contributed by atoms with Crippen LogP contribution in [0.3, 0.4) is 0 Å². The van der Waals surface area contributed by atoms with Crippen molar-refractivity contribution in [3.63, 3.8) is 0 Å².